The fraction of sp³-hybridized carbons (Fsp3) is 0.615. The van der Waals surface area contributed by atoms with Gasteiger partial charge in [-0.3, -0.25) is 4.79 Å². The van der Waals surface area contributed by atoms with Gasteiger partial charge >= 0.3 is 0 Å². The van der Waals surface area contributed by atoms with Crippen molar-refractivity contribution in [3.05, 3.63) is 12.4 Å². The number of nitrogens with zero attached hydrogens (tertiary/aromatic N) is 3. The van der Waals surface area contributed by atoms with Gasteiger partial charge in [-0.15, -0.1) is 0 Å². The standard InChI is InChI=1S/C13H19N5O2/c19-12(11-2-1-7-20-11)17-10-8-15-13(16-9-10)18-5-3-14-4-6-18/h8-9,11,14H,1-7H2,(H,17,19). The number of carbonyl (C=O) groups excluding carboxylic acids is 1. The van der Waals surface area contributed by atoms with Gasteiger partial charge in [-0.25, -0.2) is 9.97 Å². The van der Waals surface area contributed by atoms with Crippen molar-refractivity contribution < 1.29 is 9.53 Å². The number of anilines is 2. The molecule has 2 aliphatic heterocycles. The lowest BCUT2D eigenvalue weighted by Gasteiger charge is -2.27. The normalized spacial score (nSPS) is 22.8. The van der Waals surface area contributed by atoms with Crippen molar-refractivity contribution in [3.63, 3.8) is 0 Å². The molecular weight excluding hydrogens is 258 g/mol. The van der Waals surface area contributed by atoms with E-state index in [9.17, 15) is 4.79 Å². The van der Waals surface area contributed by atoms with Crippen LogP contribution in [0.15, 0.2) is 12.4 Å². The van der Waals surface area contributed by atoms with Gasteiger partial charge in [-0.2, -0.15) is 0 Å². The van der Waals surface area contributed by atoms with Crippen LogP contribution in [-0.4, -0.2) is 54.8 Å². The summed E-state index contributed by atoms with van der Waals surface area (Å²) in [6.45, 7) is 4.36. The summed E-state index contributed by atoms with van der Waals surface area (Å²) in [4.78, 5) is 22.6. The Morgan fingerprint density at radius 1 is 1.35 bits per heavy atom. The molecule has 3 heterocycles. The van der Waals surface area contributed by atoms with Gasteiger partial charge < -0.3 is 20.3 Å². The van der Waals surface area contributed by atoms with Crippen LogP contribution in [0, 0.1) is 0 Å². The first kappa shape index (κ1) is 13.3. The Balaban J connectivity index is 1.59. The van der Waals surface area contributed by atoms with Crippen molar-refractivity contribution in [3.8, 4) is 0 Å². The Bertz CT molecular complexity index is 452. The van der Waals surface area contributed by atoms with Crippen molar-refractivity contribution in [2.24, 2.45) is 0 Å². The number of ether oxygens (including phenoxy) is 1. The number of nitrogens with one attached hydrogen (secondary N) is 2. The Labute approximate surface area is 117 Å². The topological polar surface area (TPSA) is 79.4 Å². The van der Waals surface area contributed by atoms with Crippen molar-refractivity contribution in [1.82, 2.24) is 15.3 Å². The lowest BCUT2D eigenvalue weighted by Crippen LogP contribution is -2.44. The Morgan fingerprint density at radius 2 is 2.10 bits per heavy atom. The molecule has 0 aliphatic carbocycles. The zero-order chi connectivity index (χ0) is 13.8. The quantitative estimate of drug-likeness (QED) is 0.810. The molecule has 3 rings (SSSR count). The van der Waals surface area contributed by atoms with Gasteiger partial charge in [-0.1, -0.05) is 0 Å². The number of carbonyl (C=O) groups is 1. The van der Waals surface area contributed by atoms with E-state index in [1.54, 1.807) is 12.4 Å². The van der Waals surface area contributed by atoms with Crippen LogP contribution in [0.25, 0.3) is 0 Å². The highest BCUT2D eigenvalue weighted by Crippen LogP contribution is 2.15. The van der Waals surface area contributed by atoms with Crippen LogP contribution in [0.1, 0.15) is 12.8 Å². The second-order valence-electron chi connectivity index (χ2n) is 5.00. The lowest BCUT2D eigenvalue weighted by molar-refractivity contribution is -0.124. The third-order valence-electron chi connectivity index (χ3n) is 3.53. The summed E-state index contributed by atoms with van der Waals surface area (Å²) < 4.78 is 5.34. The first-order valence-corrected chi connectivity index (χ1v) is 7.03. The van der Waals surface area contributed by atoms with Gasteiger partial charge in [0.1, 0.15) is 6.10 Å². The number of rotatable bonds is 3. The molecule has 108 valence electrons. The Hall–Kier alpha value is -1.73. The molecule has 0 spiro atoms. The average molecular weight is 277 g/mol. The minimum atomic E-state index is -0.331. The van der Waals surface area contributed by atoms with Crippen LogP contribution < -0.4 is 15.5 Å². The summed E-state index contributed by atoms with van der Waals surface area (Å²) >= 11 is 0. The van der Waals surface area contributed by atoms with Gasteiger partial charge in [0.25, 0.3) is 5.91 Å². The molecule has 1 atom stereocenters. The smallest absolute Gasteiger partial charge is 0.253 e. The number of piperazine rings is 1. The molecule has 20 heavy (non-hydrogen) atoms. The maximum absolute atomic E-state index is 11.9. The highest BCUT2D eigenvalue weighted by Gasteiger charge is 2.23. The summed E-state index contributed by atoms with van der Waals surface area (Å²) in [5.74, 6) is 0.600. The first-order valence-electron chi connectivity index (χ1n) is 7.03. The molecule has 0 bridgehead atoms. The Kier molecular flexibility index (Phi) is 4.08. The van der Waals surface area contributed by atoms with E-state index in [-0.39, 0.29) is 12.0 Å². The zero-order valence-corrected chi connectivity index (χ0v) is 11.3. The van der Waals surface area contributed by atoms with Crippen LogP contribution in [0.5, 0.6) is 0 Å². The third kappa shape index (κ3) is 3.05. The molecule has 2 fully saturated rings. The molecule has 1 aromatic rings. The molecule has 7 nitrogen and oxygen atoms in total. The van der Waals surface area contributed by atoms with Crippen LogP contribution in [-0.2, 0) is 9.53 Å². The van der Waals surface area contributed by atoms with E-state index in [1.165, 1.54) is 0 Å². The SMILES string of the molecule is O=C(Nc1cnc(N2CCNCC2)nc1)C1CCCO1. The van der Waals surface area contributed by atoms with Crippen LogP contribution in [0.3, 0.4) is 0 Å². The van der Waals surface area contributed by atoms with Gasteiger partial charge in [-0.05, 0) is 12.8 Å². The highest BCUT2D eigenvalue weighted by molar-refractivity contribution is 5.94. The van der Waals surface area contributed by atoms with Crippen LogP contribution in [0.4, 0.5) is 11.6 Å². The average Bonchev–Trinajstić information content (AvgIpc) is 3.03. The summed E-state index contributed by atoms with van der Waals surface area (Å²) in [6, 6.07) is 0. The summed E-state index contributed by atoms with van der Waals surface area (Å²) in [5.41, 5.74) is 0.615. The van der Waals surface area contributed by atoms with Crippen LogP contribution >= 0.6 is 0 Å². The Morgan fingerprint density at radius 3 is 2.75 bits per heavy atom. The molecule has 1 amide bonds. The summed E-state index contributed by atoms with van der Waals surface area (Å²) in [7, 11) is 0. The fourth-order valence-electron chi connectivity index (χ4n) is 2.42. The molecule has 2 N–H and O–H groups in total. The maximum Gasteiger partial charge on any atom is 0.253 e. The molecule has 2 saturated heterocycles. The molecule has 0 saturated carbocycles. The van der Waals surface area contributed by atoms with E-state index >= 15 is 0 Å². The number of amides is 1. The van der Waals surface area contributed by atoms with Gasteiger partial charge in [0.15, 0.2) is 0 Å². The van der Waals surface area contributed by atoms with E-state index in [0.717, 1.165) is 39.0 Å². The monoisotopic (exact) mass is 277 g/mol. The molecule has 7 heteroatoms. The summed E-state index contributed by atoms with van der Waals surface area (Å²) in [5, 5.41) is 6.08. The van der Waals surface area contributed by atoms with E-state index in [4.69, 9.17) is 4.74 Å². The van der Waals surface area contributed by atoms with Gasteiger partial charge in [0.05, 0.1) is 18.1 Å². The number of hydrogen-bond acceptors (Lipinski definition) is 6. The van der Waals surface area contributed by atoms with E-state index in [0.29, 0.717) is 18.2 Å². The van der Waals surface area contributed by atoms with Gasteiger partial charge in [0.2, 0.25) is 5.95 Å². The summed E-state index contributed by atoms with van der Waals surface area (Å²) in [6.07, 6.45) is 4.69. The molecule has 1 unspecified atom stereocenters. The lowest BCUT2D eigenvalue weighted by atomic mass is 10.2. The largest absolute Gasteiger partial charge is 0.368 e. The van der Waals surface area contributed by atoms with Crippen molar-refractivity contribution in [1.29, 1.82) is 0 Å². The first-order chi connectivity index (χ1) is 9.83. The molecule has 0 radical (unpaired) electrons. The minimum absolute atomic E-state index is 0.110. The predicted octanol–water partition coefficient (Wildman–Crippen LogP) is 0.00370. The van der Waals surface area contributed by atoms with Crippen molar-refractivity contribution in [2.75, 3.05) is 43.0 Å². The van der Waals surface area contributed by atoms with Crippen molar-refractivity contribution >= 4 is 17.5 Å². The third-order valence-corrected chi connectivity index (χ3v) is 3.53. The van der Waals surface area contributed by atoms with E-state index in [1.807, 2.05) is 0 Å². The zero-order valence-electron chi connectivity index (χ0n) is 11.3. The second-order valence-corrected chi connectivity index (χ2v) is 5.00. The maximum atomic E-state index is 11.9. The van der Waals surface area contributed by atoms with Crippen molar-refractivity contribution in [2.45, 2.75) is 18.9 Å². The fourth-order valence-corrected chi connectivity index (χ4v) is 2.42. The highest BCUT2D eigenvalue weighted by atomic mass is 16.5. The molecule has 2 aliphatic rings. The van der Waals surface area contributed by atoms with Gasteiger partial charge in [0, 0.05) is 32.8 Å². The molecule has 1 aromatic heterocycles. The van der Waals surface area contributed by atoms with Crippen LogP contribution in [0.2, 0.25) is 0 Å². The predicted molar refractivity (Wildman–Crippen MR) is 74.7 cm³/mol. The van der Waals surface area contributed by atoms with E-state index < -0.39 is 0 Å². The molecular formula is C13H19N5O2. The minimum Gasteiger partial charge on any atom is -0.368 e. The number of aromatic nitrogens is 2. The molecule has 0 aromatic carbocycles. The second kappa shape index (κ2) is 6.15. The number of hydrogen-bond donors (Lipinski definition) is 2. The van der Waals surface area contributed by atoms with E-state index in [2.05, 4.69) is 25.5 Å².